The first-order valence-electron chi connectivity index (χ1n) is 8.81. The van der Waals surface area contributed by atoms with Crippen LogP contribution >= 0.6 is 0 Å². The van der Waals surface area contributed by atoms with Crippen molar-refractivity contribution in [2.75, 3.05) is 0 Å². The van der Waals surface area contributed by atoms with E-state index < -0.39 is 22.7 Å². The zero-order valence-corrected chi connectivity index (χ0v) is 15.0. The fourth-order valence-corrected chi connectivity index (χ4v) is 4.89. The third-order valence-corrected chi connectivity index (χ3v) is 6.73. The molecule has 1 N–H and O–H groups in total. The predicted molar refractivity (Wildman–Crippen MR) is 86.4 cm³/mol. The van der Waals surface area contributed by atoms with Gasteiger partial charge in [-0.05, 0) is 32.3 Å². The largest absolute Gasteiger partial charge is 0.469 e. The van der Waals surface area contributed by atoms with Crippen LogP contribution < -0.4 is 0 Å². The molecular weight excluding hydrogens is 308 g/mol. The van der Waals surface area contributed by atoms with E-state index in [0.717, 1.165) is 23.3 Å². The molecular formula is C19H26O5. The highest BCUT2D eigenvalue weighted by atomic mass is 16.6. The Hall–Kier alpha value is -1.33. The summed E-state index contributed by atoms with van der Waals surface area (Å²) in [4.78, 5) is 12.4. The Morgan fingerprint density at radius 3 is 2.79 bits per heavy atom. The minimum absolute atomic E-state index is 0.0986. The number of carbonyl (C=O) groups is 1. The first kappa shape index (κ1) is 16.2. The van der Waals surface area contributed by atoms with Gasteiger partial charge < -0.3 is 19.0 Å². The maximum absolute atomic E-state index is 12.4. The van der Waals surface area contributed by atoms with Gasteiger partial charge in [0.1, 0.15) is 17.5 Å². The van der Waals surface area contributed by atoms with Crippen LogP contribution in [0.1, 0.15) is 63.5 Å². The molecule has 4 rings (SSSR count). The summed E-state index contributed by atoms with van der Waals surface area (Å²) in [7, 11) is 0. The van der Waals surface area contributed by atoms with Crippen molar-refractivity contribution in [3.63, 3.8) is 0 Å². The Bertz CT molecular complexity index is 703. The molecule has 1 aliphatic heterocycles. The van der Waals surface area contributed by atoms with Crippen molar-refractivity contribution < 1.29 is 23.8 Å². The lowest BCUT2D eigenvalue weighted by molar-refractivity contribution is -0.204. The molecule has 1 aromatic rings. The molecule has 1 spiro atoms. The average Bonchev–Trinajstić information content (AvgIpc) is 3.10. The van der Waals surface area contributed by atoms with E-state index in [-0.39, 0.29) is 18.0 Å². The normalized spacial score (nSPS) is 43.0. The molecule has 0 amide bonds. The van der Waals surface area contributed by atoms with Gasteiger partial charge in [-0.2, -0.15) is 0 Å². The highest BCUT2D eigenvalue weighted by molar-refractivity contribution is 5.72. The second kappa shape index (κ2) is 4.64. The Labute approximate surface area is 142 Å². The van der Waals surface area contributed by atoms with Gasteiger partial charge in [-0.25, -0.2) is 0 Å². The van der Waals surface area contributed by atoms with Gasteiger partial charge in [0.15, 0.2) is 0 Å². The number of hydrogen-bond acceptors (Lipinski definition) is 5. The van der Waals surface area contributed by atoms with Crippen LogP contribution in [-0.4, -0.2) is 28.4 Å². The van der Waals surface area contributed by atoms with Crippen molar-refractivity contribution in [2.24, 2.45) is 11.3 Å². The van der Waals surface area contributed by atoms with Crippen LogP contribution in [0.5, 0.6) is 0 Å². The van der Waals surface area contributed by atoms with Crippen molar-refractivity contribution in [3.05, 3.63) is 23.2 Å². The number of fused-ring (bicyclic) bond motifs is 1. The molecule has 5 nitrogen and oxygen atoms in total. The van der Waals surface area contributed by atoms with E-state index >= 15 is 0 Å². The summed E-state index contributed by atoms with van der Waals surface area (Å²) in [6.45, 7) is 9.47. The number of ether oxygens (including phenoxy) is 2. The van der Waals surface area contributed by atoms with Crippen LogP contribution in [0.2, 0.25) is 0 Å². The van der Waals surface area contributed by atoms with Gasteiger partial charge >= 0.3 is 5.97 Å². The molecule has 2 aliphatic carbocycles. The minimum Gasteiger partial charge on any atom is -0.469 e. The summed E-state index contributed by atoms with van der Waals surface area (Å²) < 4.78 is 17.9. The number of epoxide rings is 1. The molecule has 0 radical (unpaired) electrons. The Balaban J connectivity index is 1.88. The lowest BCUT2D eigenvalue weighted by atomic mass is 9.51. The van der Waals surface area contributed by atoms with Gasteiger partial charge in [-0.15, -0.1) is 0 Å². The minimum atomic E-state index is -0.983. The number of rotatable bonds is 2. The SMILES string of the molecule is Cc1coc2c1[C@@H](OC(=O)C(C)C)[C@]1(C)[C@](C)(O)CC[C@H]3O[C@]31C2. The number of hydrogen-bond donors (Lipinski definition) is 1. The molecule has 0 bridgehead atoms. The van der Waals surface area contributed by atoms with Crippen molar-refractivity contribution in [2.45, 2.75) is 77.3 Å². The first-order chi connectivity index (χ1) is 11.1. The zero-order chi connectivity index (χ0) is 17.5. The summed E-state index contributed by atoms with van der Waals surface area (Å²) in [5.74, 6) is 0.335. The summed E-state index contributed by atoms with van der Waals surface area (Å²) in [5, 5.41) is 11.3. The van der Waals surface area contributed by atoms with E-state index in [0.29, 0.717) is 12.8 Å². The highest BCUT2D eigenvalue weighted by Crippen LogP contribution is 2.70. The molecule has 3 aliphatic rings. The highest BCUT2D eigenvalue weighted by Gasteiger charge is 2.79. The Morgan fingerprint density at radius 1 is 1.42 bits per heavy atom. The van der Waals surface area contributed by atoms with Crippen molar-refractivity contribution >= 4 is 5.97 Å². The maximum atomic E-state index is 12.4. The third-order valence-electron chi connectivity index (χ3n) is 6.73. The van der Waals surface area contributed by atoms with Gasteiger partial charge in [0.25, 0.3) is 0 Å². The zero-order valence-electron chi connectivity index (χ0n) is 15.0. The number of esters is 1. The number of aryl methyl sites for hydroxylation is 1. The fraction of sp³-hybridized carbons (Fsp3) is 0.737. The molecule has 5 atom stereocenters. The van der Waals surface area contributed by atoms with E-state index in [2.05, 4.69) is 0 Å². The van der Waals surface area contributed by atoms with Gasteiger partial charge in [0.2, 0.25) is 0 Å². The summed E-state index contributed by atoms with van der Waals surface area (Å²) >= 11 is 0. The fourth-order valence-electron chi connectivity index (χ4n) is 4.89. The van der Waals surface area contributed by atoms with E-state index in [1.807, 2.05) is 34.6 Å². The maximum Gasteiger partial charge on any atom is 0.309 e. The summed E-state index contributed by atoms with van der Waals surface area (Å²) in [5.41, 5.74) is -0.318. The van der Waals surface area contributed by atoms with Gasteiger partial charge in [-0.1, -0.05) is 20.8 Å². The van der Waals surface area contributed by atoms with Crippen molar-refractivity contribution in [1.82, 2.24) is 0 Å². The van der Waals surface area contributed by atoms with E-state index in [4.69, 9.17) is 13.9 Å². The van der Waals surface area contributed by atoms with Crippen LogP contribution in [0.15, 0.2) is 10.7 Å². The molecule has 2 fully saturated rings. The van der Waals surface area contributed by atoms with Crippen LogP contribution in [0, 0.1) is 18.3 Å². The van der Waals surface area contributed by atoms with E-state index in [1.165, 1.54) is 0 Å². The van der Waals surface area contributed by atoms with Crippen molar-refractivity contribution in [1.29, 1.82) is 0 Å². The Kier molecular flexibility index (Phi) is 3.12. The first-order valence-corrected chi connectivity index (χ1v) is 8.81. The molecule has 5 heteroatoms. The lowest BCUT2D eigenvalue weighted by Gasteiger charge is -2.55. The standard InChI is InChI=1S/C19H26O5/c1-10(2)16(20)23-15-14-11(3)9-22-12(14)8-19-13(24-19)6-7-17(4,21)18(15,19)5/h9-10,13,15,21H,6-8H2,1-5H3/t13-,15-,17-,18-,19-/m1/s1. The summed E-state index contributed by atoms with van der Waals surface area (Å²) in [6, 6.07) is 0. The van der Waals surface area contributed by atoms with Crippen LogP contribution in [0.4, 0.5) is 0 Å². The lowest BCUT2D eigenvalue weighted by Crippen LogP contribution is -2.63. The molecule has 0 aromatic carbocycles. The predicted octanol–water partition coefficient (Wildman–Crippen LogP) is 3.07. The number of aliphatic hydroxyl groups is 1. The molecule has 1 aromatic heterocycles. The molecule has 24 heavy (non-hydrogen) atoms. The summed E-state index contributed by atoms with van der Waals surface area (Å²) in [6.07, 6.45) is 3.34. The monoisotopic (exact) mass is 334 g/mol. The third kappa shape index (κ3) is 1.75. The van der Waals surface area contributed by atoms with Crippen molar-refractivity contribution in [3.8, 4) is 0 Å². The van der Waals surface area contributed by atoms with Gasteiger partial charge in [-0.3, -0.25) is 4.79 Å². The van der Waals surface area contributed by atoms with E-state index in [1.54, 1.807) is 6.26 Å². The molecule has 1 saturated heterocycles. The smallest absolute Gasteiger partial charge is 0.309 e. The molecule has 132 valence electrons. The van der Waals surface area contributed by atoms with Gasteiger partial charge in [0, 0.05) is 12.0 Å². The van der Waals surface area contributed by atoms with Crippen LogP contribution in [0.3, 0.4) is 0 Å². The molecule has 1 saturated carbocycles. The molecule has 2 heterocycles. The number of furan rings is 1. The Morgan fingerprint density at radius 2 is 2.12 bits per heavy atom. The second-order valence-electron chi connectivity index (χ2n) is 8.41. The quantitative estimate of drug-likeness (QED) is 0.665. The molecule has 0 unspecified atom stereocenters. The average molecular weight is 334 g/mol. The second-order valence-corrected chi connectivity index (χ2v) is 8.41. The topological polar surface area (TPSA) is 72.2 Å². The van der Waals surface area contributed by atoms with Crippen LogP contribution in [0.25, 0.3) is 0 Å². The van der Waals surface area contributed by atoms with Gasteiger partial charge in [0.05, 0.1) is 29.3 Å². The number of carbonyl (C=O) groups excluding carboxylic acids is 1. The van der Waals surface area contributed by atoms with E-state index in [9.17, 15) is 9.90 Å². The van der Waals surface area contributed by atoms with Crippen LogP contribution in [-0.2, 0) is 20.7 Å².